The van der Waals surface area contributed by atoms with Crippen LogP contribution in [0.3, 0.4) is 0 Å². The average Bonchev–Trinajstić information content (AvgIpc) is 2.27. The summed E-state index contributed by atoms with van der Waals surface area (Å²) in [6.07, 6.45) is 0.935. The molecule has 0 atom stereocenters. The predicted molar refractivity (Wildman–Crippen MR) is 74.5 cm³/mol. The Kier molecular flexibility index (Phi) is 5.09. The molecule has 18 heavy (non-hydrogen) atoms. The first kappa shape index (κ1) is 14.4. The molecule has 0 fully saturated rings. The fourth-order valence-corrected chi connectivity index (χ4v) is 2.01. The minimum Gasteiger partial charge on any atom is -0.385 e. The first-order valence-electron chi connectivity index (χ1n) is 6.00. The first-order valence-corrected chi connectivity index (χ1v) is 6.00. The molecule has 100 valence electrons. The minimum absolute atomic E-state index is 0.0635. The van der Waals surface area contributed by atoms with Crippen LogP contribution >= 0.6 is 0 Å². The zero-order valence-corrected chi connectivity index (χ0v) is 11.6. The molecule has 0 aliphatic rings. The van der Waals surface area contributed by atoms with E-state index in [1.54, 1.807) is 7.11 Å². The molecule has 5 nitrogen and oxygen atoms in total. The van der Waals surface area contributed by atoms with Crippen molar-refractivity contribution in [2.75, 3.05) is 32.2 Å². The van der Waals surface area contributed by atoms with Gasteiger partial charge in [0.2, 0.25) is 0 Å². The Labute approximate surface area is 108 Å². The second-order valence-corrected chi connectivity index (χ2v) is 4.42. The molecular formula is C13H22N4O. The van der Waals surface area contributed by atoms with E-state index in [1.165, 1.54) is 0 Å². The second-order valence-electron chi connectivity index (χ2n) is 4.42. The molecular weight excluding hydrogens is 228 g/mol. The van der Waals surface area contributed by atoms with Gasteiger partial charge in [-0.2, -0.15) is 0 Å². The molecule has 0 aliphatic heterocycles. The summed E-state index contributed by atoms with van der Waals surface area (Å²) in [5.74, 6) is 0.0635. The van der Waals surface area contributed by atoms with Crippen molar-refractivity contribution in [3.8, 4) is 0 Å². The quantitative estimate of drug-likeness (QED) is 0.455. The van der Waals surface area contributed by atoms with Crippen LogP contribution < -0.4 is 10.6 Å². The molecule has 0 saturated carbocycles. The van der Waals surface area contributed by atoms with E-state index in [1.807, 2.05) is 27.0 Å². The van der Waals surface area contributed by atoms with Crippen LogP contribution in [-0.4, -0.2) is 38.1 Å². The number of ether oxygens (including phenoxy) is 1. The van der Waals surface area contributed by atoms with E-state index in [9.17, 15) is 0 Å². The summed E-state index contributed by atoms with van der Waals surface area (Å²) in [5.41, 5.74) is 9.07. The maximum Gasteiger partial charge on any atom is 0.126 e. The van der Waals surface area contributed by atoms with Crippen molar-refractivity contribution in [1.29, 1.82) is 5.41 Å². The normalized spacial score (nSPS) is 10.4. The summed E-state index contributed by atoms with van der Waals surface area (Å²) in [7, 11) is 3.69. The van der Waals surface area contributed by atoms with Crippen molar-refractivity contribution in [2.24, 2.45) is 5.73 Å². The summed E-state index contributed by atoms with van der Waals surface area (Å²) in [6.45, 7) is 5.42. The molecule has 3 N–H and O–H groups in total. The summed E-state index contributed by atoms with van der Waals surface area (Å²) in [6, 6.07) is 1.97. The molecule has 0 unspecified atom stereocenters. The molecule has 1 aromatic rings. The maximum absolute atomic E-state index is 7.68. The Bertz CT molecular complexity index is 431. The van der Waals surface area contributed by atoms with E-state index < -0.39 is 0 Å². The molecule has 1 aromatic heterocycles. The maximum atomic E-state index is 7.68. The van der Waals surface area contributed by atoms with Gasteiger partial charge in [0.05, 0.1) is 16.9 Å². The highest BCUT2D eigenvalue weighted by molar-refractivity contribution is 6.01. The Morgan fingerprint density at radius 3 is 2.72 bits per heavy atom. The van der Waals surface area contributed by atoms with Crippen molar-refractivity contribution in [1.82, 2.24) is 4.98 Å². The largest absolute Gasteiger partial charge is 0.385 e. The van der Waals surface area contributed by atoms with Crippen molar-refractivity contribution in [2.45, 2.75) is 20.3 Å². The van der Waals surface area contributed by atoms with Crippen LogP contribution in [0.5, 0.6) is 0 Å². The molecule has 0 bridgehead atoms. The van der Waals surface area contributed by atoms with Crippen molar-refractivity contribution < 1.29 is 4.74 Å². The molecule has 1 heterocycles. The number of nitrogens with zero attached hydrogens (tertiary/aromatic N) is 2. The lowest BCUT2D eigenvalue weighted by Crippen LogP contribution is -2.25. The van der Waals surface area contributed by atoms with E-state index in [0.29, 0.717) is 0 Å². The topological polar surface area (TPSA) is 75.2 Å². The highest BCUT2D eigenvalue weighted by Crippen LogP contribution is 2.22. The fraction of sp³-hybridized carbons (Fsp3) is 0.538. The number of nitrogens with one attached hydrogen (secondary N) is 1. The van der Waals surface area contributed by atoms with E-state index >= 15 is 0 Å². The summed E-state index contributed by atoms with van der Waals surface area (Å²) in [5, 5.41) is 7.68. The predicted octanol–water partition coefficient (Wildman–Crippen LogP) is 1.46. The smallest absolute Gasteiger partial charge is 0.126 e. The number of methoxy groups -OCH3 is 1. The third-order valence-corrected chi connectivity index (χ3v) is 2.83. The van der Waals surface area contributed by atoms with Crippen LogP contribution in [-0.2, 0) is 4.74 Å². The van der Waals surface area contributed by atoms with Gasteiger partial charge in [0, 0.05) is 33.0 Å². The first-order chi connectivity index (χ1) is 8.47. The zero-order valence-electron chi connectivity index (χ0n) is 11.6. The van der Waals surface area contributed by atoms with Gasteiger partial charge < -0.3 is 15.4 Å². The van der Waals surface area contributed by atoms with Crippen molar-refractivity contribution in [3.05, 3.63) is 23.0 Å². The Morgan fingerprint density at radius 2 is 2.17 bits per heavy atom. The number of nitrogen functional groups attached to an aromatic ring is 1. The number of aromatic nitrogens is 1. The third-order valence-electron chi connectivity index (χ3n) is 2.83. The lowest BCUT2D eigenvalue weighted by Gasteiger charge is -2.23. The van der Waals surface area contributed by atoms with Crippen LogP contribution in [0.2, 0.25) is 0 Å². The molecule has 0 aliphatic carbocycles. The number of hydrogen-bond acceptors (Lipinski definition) is 4. The highest BCUT2D eigenvalue weighted by Gasteiger charge is 2.14. The number of nitrogens with two attached hydrogens (primary N) is 1. The second kappa shape index (κ2) is 6.35. The van der Waals surface area contributed by atoms with Crippen LogP contribution in [0.15, 0.2) is 6.07 Å². The van der Waals surface area contributed by atoms with E-state index in [4.69, 9.17) is 15.9 Å². The standard InChI is InChI=1S/C13H22N4O/c1-9-8-11(17(3)6-5-7-18-4)12(13(14)15)10(2)16-9/h8H,5-7H2,1-4H3,(H3,14,15). The Balaban J connectivity index is 3.02. The van der Waals surface area contributed by atoms with E-state index in [2.05, 4.69) is 9.88 Å². The lowest BCUT2D eigenvalue weighted by atomic mass is 10.1. The molecule has 5 heteroatoms. The number of pyridine rings is 1. The SMILES string of the molecule is COCCCN(C)c1cc(C)nc(C)c1C(=N)N. The molecule has 1 rings (SSSR count). The van der Waals surface area contributed by atoms with Gasteiger partial charge in [0.25, 0.3) is 0 Å². The lowest BCUT2D eigenvalue weighted by molar-refractivity contribution is 0.196. The van der Waals surface area contributed by atoms with Gasteiger partial charge in [-0.25, -0.2) is 0 Å². The van der Waals surface area contributed by atoms with E-state index in [-0.39, 0.29) is 5.84 Å². The molecule has 0 amide bonds. The van der Waals surface area contributed by atoms with E-state index in [0.717, 1.165) is 42.2 Å². The van der Waals surface area contributed by atoms with Crippen LogP contribution in [0.25, 0.3) is 0 Å². The van der Waals surface area contributed by atoms with Gasteiger partial charge in [-0.1, -0.05) is 0 Å². The highest BCUT2D eigenvalue weighted by atomic mass is 16.5. The summed E-state index contributed by atoms with van der Waals surface area (Å²) in [4.78, 5) is 6.46. The average molecular weight is 250 g/mol. The van der Waals surface area contributed by atoms with Crippen LogP contribution in [0.4, 0.5) is 5.69 Å². The third kappa shape index (κ3) is 3.43. The van der Waals surface area contributed by atoms with Gasteiger partial charge in [-0.3, -0.25) is 10.4 Å². The molecule has 0 aromatic carbocycles. The number of aryl methyl sites for hydroxylation is 2. The van der Waals surface area contributed by atoms with Crippen LogP contribution in [0.1, 0.15) is 23.4 Å². The molecule has 0 radical (unpaired) electrons. The van der Waals surface area contributed by atoms with Gasteiger partial charge in [-0.15, -0.1) is 0 Å². The van der Waals surface area contributed by atoms with Gasteiger partial charge in [-0.05, 0) is 26.3 Å². The van der Waals surface area contributed by atoms with Crippen molar-refractivity contribution >= 4 is 11.5 Å². The number of rotatable bonds is 6. The Morgan fingerprint density at radius 1 is 1.50 bits per heavy atom. The summed E-state index contributed by atoms with van der Waals surface area (Å²) < 4.78 is 5.05. The Hall–Kier alpha value is -1.62. The van der Waals surface area contributed by atoms with Gasteiger partial charge in [0.1, 0.15) is 5.84 Å². The van der Waals surface area contributed by atoms with Gasteiger partial charge in [0.15, 0.2) is 0 Å². The monoisotopic (exact) mass is 250 g/mol. The number of amidine groups is 1. The van der Waals surface area contributed by atoms with Gasteiger partial charge >= 0.3 is 0 Å². The number of anilines is 1. The molecule has 0 saturated heterocycles. The van der Waals surface area contributed by atoms with Crippen molar-refractivity contribution in [3.63, 3.8) is 0 Å². The van der Waals surface area contributed by atoms with Crippen LogP contribution in [0, 0.1) is 19.3 Å². The molecule has 0 spiro atoms. The zero-order chi connectivity index (χ0) is 13.7. The number of hydrogen-bond donors (Lipinski definition) is 2. The fourth-order valence-electron chi connectivity index (χ4n) is 2.01. The summed E-state index contributed by atoms with van der Waals surface area (Å²) >= 11 is 0. The minimum atomic E-state index is 0.0635.